The van der Waals surface area contributed by atoms with Crippen LogP contribution in [0.15, 0.2) is 4.99 Å². The molecule has 102 valence electrons. The number of rotatable bonds is 6. The Morgan fingerprint density at radius 2 is 2.22 bits per heavy atom. The molecule has 3 unspecified atom stereocenters. The number of aliphatic hydroxyl groups is 3. The molecule has 1 saturated heterocycles. The van der Waals surface area contributed by atoms with Crippen LogP contribution in [0.1, 0.15) is 12.8 Å². The van der Waals surface area contributed by atoms with Gasteiger partial charge < -0.3 is 26.0 Å². The van der Waals surface area contributed by atoms with Crippen molar-refractivity contribution in [2.45, 2.75) is 31.2 Å². The summed E-state index contributed by atoms with van der Waals surface area (Å²) >= 11 is 0. The van der Waals surface area contributed by atoms with Crippen LogP contribution >= 0.6 is 0 Å². The summed E-state index contributed by atoms with van der Waals surface area (Å²) in [6.07, 6.45) is -1.87. The predicted molar refractivity (Wildman–Crippen MR) is 62.2 cm³/mol. The first kappa shape index (κ1) is 14.6. The van der Waals surface area contributed by atoms with Gasteiger partial charge in [0.05, 0.1) is 18.9 Å². The Bertz CT molecular complexity index is 333. The normalized spacial score (nSPS) is 23.3. The zero-order valence-corrected chi connectivity index (χ0v) is 9.74. The maximum Gasteiger partial charge on any atom is 0.316 e. The Labute approximate surface area is 104 Å². The number of carbonyl (C=O) groups is 2. The van der Waals surface area contributed by atoms with E-state index < -0.39 is 30.8 Å². The third-order valence-electron chi connectivity index (χ3n) is 2.44. The van der Waals surface area contributed by atoms with Crippen LogP contribution in [0.3, 0.4) is 0 Å². The van der Waals surface area contributed by atoms with Crippen LogP contribution in [0.4, 0.5) is 4.79 Å². The van der Waals surface area contributed by atoms with Gasteiger partial charge in [0.25, 0.3) is 0 Å². The maximum atomic E-state index is 11.4. The van der Waals surface area contributed by atoms with Gasteiger partial charge in [-0.3, -0.25) is 9.79 Å². The first-order chi connectivity index (χ1) is 8.52. The van der Waals surface area contributed by atoms with Crippen molar-refractivity contribution in [1.29, 1.82) is 0 Å². The van der Waals surface area contributed by atoms with Crippen molar-refractivity contribution in [3.8, 4) is 0 Å². The van der Waals surface area contributed by atoms with Crippen molar-refractivity contribution in [3.05, 3.63) is 0 Å². The van der Waals surface area contributed by atoms with Crippen LogP contribution in [0.2, 0.25) is 0 Å². The van der Waals surface area contributed by atoms with E-state index in [2.05, 4.69) is 15.6 Å². The van der Waals surface area contributed by atoms with Crippen LogP contribution in [0.25, 0.3) is 0 Å². The van der Waals surface area contributed by atoms with E-state index >= 15 is 0 Å². The van der Waals surface area contributed by atoms with Crippen molar-refractivity contribution in [1.82, 2.24) is 10.6 Å². The van der Waals surface area contributed by atoms with Gasteiger partial charge in [0.1, 0.15) is 12.3 Å². The predicted octanol–water partition coefficient (Wildman–Crippen LogP) is -2.24. The third-order valence-corrected chi connectivity index (χ3v) is 2.44. The summed E-state index contributed by atoms with van der Waals surface area (Å²) in [5, 5.41) is 32.0. The number of nitrogens with zero attached hydrogens (tertiary/aromatic N) is 1. The van der Waals surface area contributed by atoms with Crippen LogP contribution in [0, 0.1) is 0 Å². The topological polar surface area (TPSA) is 131 Å². The lowest BCUT2D eigenvalue weighted by Crippen LogP contribution is -2.48. The molecule has 0 spiro atoms. The molecule has 0 aromatic rings. The molecule has 0 aliphatic carbocycles. The number of hydrogen-bond donors (Lipinski definition) is 5. The number of carbonyl (C=O) groups excluding carboxylic acids is 2. The van der Waals surface area contributed by atoms with Crippen molar-refractivity contribution >= 4 is 18.0 Å². The molecule has 5 N–H and O–H groups in total. The summed E-state index contributed by atoms with van der Waals surface area (Å²) in [4.78, 5) is 26.2. The number of nitrogens with one attached hydrogen (secondary N) is 2. The van der Waals surface area contributed by atoms with E-state index in [0.717, 1.165) is 6.21 Å². The molecular formula is C10H17N3O5. The minimum atomic E-state index is -1.35. The van der Waals surface area contributed by atoms with Gasteiger partial charge in [-0.05, 0) is 0 Å². The monoisotopic (exact) mass is 259 g/mol. The Kier molecular flexibility index (Phi) is 5.69. The SMILES string of the molecule is O=C(C=NC1CCNC(=O)N1)CC(O)C(O)CO. The molecular weight excluding hydrogens is 242 g/mol. The molecule has 0 aromatic heterocycles. The van der Waals surface area contributed by atoms with E-state index in [0.29, 0.717) is 13.0 Å². The summed E-state index contributed by atoms with van der Waals surface area (Å²) in [5.74, 6) is -0.484. The van der Waals surface area contributed by atoms with Gasteiger partial charge in [-0.2, -0.15) is 0 Å². The summed E-state index contributed by atoms with van der Waals surface area (Å²) in [6.45, 7) is -0.135. The third kappa shape index (κ3) is 4.78. The quantitative estimate of drug-likeness (QED) is 0.344. The summed E-state index contributed by atoms with van der Waals surface area (Å²) < 4.78 is 0. The fourth-order valence-electron chi connectivity index (χ4n) is 1.40. The molecule has 8 nitrogen and oxygen atoms in total. The molecule has 0 radical (unpaired) electrons. The highest BCUT2D eigenvalue weighted by molar-refractivity contribution is 6.27. The number of ketones is 1. The van der Waals surface area contributed by atoms with E-state index in [1.807, 2.05) is 0 Å². The maximum absolute atomic E-state index is 11.4. The molecule has 0 saturated carbocycles. The minimum Gasteiger partial charge on any atom is -0.394 e. The fourth-order valence-corrected chi connectivity index (χ4v) is 1.40. The number of Topliss-reactive ketones (excluding diaryl/α,β-unsaturated/α-hetero) is 1. The number of aliphatic hydroxyl groups excluding tert-OH is 3. The van der Waals surface area contributed by atoms with Crippen molar-refractivity contribution in [3.63, 3.8) is 0 Å². The first-order valence-corrected chi connectivity index (χ1v) is 5.60. The molecule has 1 aliphatic heterocycles. The molecule has 0 bridgehead atoms. The summed E-state index contributed by atoms with van der Waals surface area (Å²) in [6, 6.07) is -0.341. The molecule has 1 fully saturated rings. The molecule has 0 aromatic carbocycles. The van der Waals surface area contributed by atoms with Gasteiger partial charge >= 0.3 is 6.03 Å². The standard InChI is InChI=1S/C10H17N3O5/c14-5-8(17)7(16)3-6(15)4-12-9-1-2-11-10(18)13-9/h4,7-9,14,16-17H,1-3,5H2,(H2,11,13,18). The Morgan fingerprint density at radius 1 is 1.50 bits per heavy atom. The largest absolute Gasteiger partial charge is 0.394 e. The molecule has 1 heterocycles. The zero-order chi connectivity index (χ0) is 13.5. The van der Waals surface area contributed by atoms with Crippen LogP contribution < -0.4 is 10.6 Å². The fraction of sp³-hybridized carbons (Fsp3) is 0.700. The average Bonchev–Trinajstić information content (AvgIpc) is 2.35. The number of hydrogen-bond acceptors (Lipinski definition) is 6. The van der Waals surface area contributed by atoms with Crippen LogP contribution in [0.5, 0.6) is 0 Å². The lowest BCUT2D eigenvalue weighted by Gasteiger charge is -2.20. The smallest absolute Gasteiger partial charge is 0.316 e. The van der Waals surface area contributed by atoms with Crippen molar-refractivity contribution in [2.24, 2.45) is 4.99 Å². The van der Waals surface area contributed by atoms with Gasteiger partial charge in [-0.1, -0.05) is 0 Å². The van der Waals surface area contributed by atoms with E-state index in [1.54, 1.807) is 0 Å². The van der Waals surface area contributed by atoms with Crippen LogP contribution in [-0.4, -0.2) is 64.9 Å². The molecule has 2 amide bonds. The molecule has 18 heavy (non-hydrogen) atoms. The van der Waals surface area contributed by atoms with Gasteiger partial charge in [0.2, 0.25) is 0 Å². The highest BCUT2D eigenvalue weighted by Gasteiger charge is 2.19. The number of amides is 2. The van der Waals surface area contributed by atoms with Crippen molar-refractivity contribution in [2.75, 3.05) is 13.2 Å². The summed E-state index contributed by atoms with van der Waals surface area (Å²) in [7, 11) is 0. The zero-order valence-electron chi connectivity index (χ0n) is 9.74. The van der Waals surface area contributed by atoms with Crippen molar-refractivity contribution < 1.29 is 24.9 Å². The second kappa shape index (κ2) is 7.04. The van der Waals surface area contributed by atoms with E-state index in [1.165, 1.54) is 0 Å². The van der Waals surface area contributed by atoms with Gasteiger partial charge in [-0.15, -0.1) is 0 Å². The molecule has 3 atom stereocenters. The van der Waals surface area contributed by atoms with E-state index in [9.17, 15) is 14.7 Å². The minimum absolute atomic E-state index is 0.329. The second-order valence-corrected chi connectivity index (χ2v) is 3.97. The first-order valence-electron chi connectivity index (χ1n) is 5.60. The Morgan fingerprint density at radius 3 is 2.83 bits per heavy atom. The van der Waals surface area contributed by atoms with Gasteiger partial charge in [0.15, 0.2) is 5.78 Å². The molecule has 8 heteroatoms. The van der Waals surface area contributed by atoms with Gasteiger partial charge in [-0.25, -0.2) is 4.79 Å². The van der Waals surface area contributed by atoms with Gasteiger partial charge in [0, 0.05) is 19.4 Å². The Hall–Kier alpha value is -1.51. The molecule has 1 aliphatic rings. The second-order valence-electron chi connectivity index (χ2n) is 3.97. The van der Waals surface area contributed by atoms with E-state index in [4.69, 9.17) is 10.2 Å². The highest BCUT2D eigenvalue weighted by Crippen LogP contribution is 2.00. The average molecular weight is 259 g/mol. The summed E-state index contributed by atoms with van der Waals surface area (Å²) in [5.41, 5.74) is 0. The van der Waals surface area contributed by atoms with Crippen LogP contribution in [-0.2, 0) is 4.79 Å². The Balaban J connectivity index is 2.37. The molecule has 1 rings (SSSR count). The lowest BCUT2D eigenvalue weighted by atomic mass is 10.1. The number of aliphatic imine (C=N–C) groups is 1. The number of urea groups is 1. The highest BCUT2D eigenvalue weighted by atomic mass is 16.4. The van der Waals surface area contributed by atoms with E-state index in [-0.39, 0.29) is 12.5 Å². The lowest BCUT2D eigenvalue weighted by molar-refractivity contribution is -0.116.